The Morgan fingerprint density at radius 3 is 2.71 bits per heavy atom. The number of nitrogens with zero attached hydrogens (tertiary/aromatic N) is 1. The van der Waals surface area contributed by atoms with Crippen LogP contribution in [0.5, 0.6) is 5.88 Å². The summed E-state index contributed by atoms with van der Waals surface area (Å²) in [6.07, 6.45) is 5.34. The average Bonchev–Trinajstić information content (AvgIpc) is 2.80. The van der Waals surface area contributed by atoms with Crippen molar-refractivity contribution >= 4 is 5.97 Å². The Morgan fingerprint density at radius 2 is 2.14 bits per heavy atom. The maximum atomic E-state index is 11.6. The van der Waals surface area contributed by atoms with Crippen LogP contribution in [0.1, 0.15) is 50.4 Å². The first-order chi connectivity index (χ1) is 9.88. The lowest BCUT2D eigenvalue weighted by Gasteiger charge is -2.38. The van der Waals surface area contributed by atoms with Gasteiger partial charge in [-0.05, 0) is 36.7 Å². The highest BCUT2D eigenvalue weighted by Crippen LogP contribution is 2.66. The maximum Gasteiger partial charge on any atom is 0.338 e. The van der Waals surface area contributed by atoms with E-state index in [1.165, 1.54) is 20.0 Å². The molecular weight excluding hydrogens is 266 g/mol. The lowest BCUT2D eigenvalue weighted by molar-refractivity contribution is 0.0271. The Labute approximate surface area is 125 Å². The van der Waals surface area contributed by atoms with Crippen molar-refractivity contribution in [3.05, 3.63) is 23.9 Å². The molecule has 114 valence electrons. The molecule has 2 aliphatic rings. The molecule has 0 aromatic carbocycles. The van der Waals surface area contributed by atoms with Crippen molar-refractivity contribution in [2.75, 3.05) is 7.11 Å². The van der Waals surface area contributed by atoms with Crippen molar-refractivity contribution in [3.63, 3.8) is 0 Å². The predicted molar refractivity (Wildman–Crippen MR) is 79.2 cm³/mol. The van der Waals surface area contributed by atoms with Gasteiger partial charge in [-0.25, -0.2) is 9.78 Å². The molecular formula is C17H23NO3. The Balaban J connectivity index is 1.81. The van der Waals surface area contributed by atoms with Crippen LogP contribution in [0.4, 0.5) is 0 Å². The molecule has 2 bridgehead atoms. The van der Waals surface area contributed by atoms with Crippen LogP contribution in [0.2, 0.25) is 0 Å². The molecule has 3 atom stereocenters. The molecule has 3 unspecified atom stereocenters. The van der Waals surface area contributed by atoms with Crippen LogP contribution < -0.4 is 4.74 Å². The van der Waals surface area contributed by atoms with E-state index in [-0.39, 0.29) is 17.5 Å². The quantitative estimate of drug-likeness (QED) is 0.800. The zero-order valence-corrected chi connectivity index (χ0v) is 13.2. The Bertz CT molecular complexity index is 569. The fourth-order valence-electron chi connectivity index (χ4n) is 4.17. The maximum absolute atomic E-state index is 11.6. The van der Waals surface area contributed by atoms with Crippen molar-refractivity contribution in [1.29, 1.82) is 0 Å². The monoisotopic (exact) mass is 289 g/mol. The van der Waals surface area contributed by atoms with Gasteiger partial charge in [-0.2, -0.15) is 0 Å². The normalized spacial score (nSPS) is 33.0. The highest BCUT2D eigenvalue weighted by molar-refractivity contribution is 5.89. The van der Waals surface area contributed by atoms with Crippen molar-refractivity contribution in [2.24, 2.45) is 16.7 Å². The number of ether oxygens (including phenoxy) is 2. The Morgan fingerprint density at radius 1 is 1.38 bits per heavy atom. The minimum Gasteiger partial charge on any atom is -0.474 e. The Hall–Kier alpha value is -1.58. The van der Waals surface area contributed by atoms with Gasteiger partial charge in [0.15, 0.2) is 0 Å². The van der Waals surface area contributed by atoms with Gasteiger partial charge in [0.2, 0.25) is 5.88 Å². The molecule has 0 aliphatic heterocycles. The summed E-state index contributed by atoms with van der Waals surface area (Å²) in [5, 5.41) is 0. The predicted octanol–water partition coefficient (Wildman–Crippen LogP) is 3.46. The molecule has 2 aliphatic carbocycles. The van der Waals surface area contributed by atoms with Gasteiger partial charge in [-0.15, -0.1) is 0 Å². The van der Waals surface area contributed by atoms with Gasteiger partial charge in [-0.3, -0.25) is 0 Å². The minimum atomic E-state index is -0.360. The second kappa shape index (κ2) is 4.72. The largest absolute Gasteiger partial charge is 0.474 e. The van der Waals surface area contributed by atoms with Crippen LogP contribution in [0, 0.1) is 16.7 Å². The first kappa shape index (κ1) is 14.4. The lowest BCUT2D eigenvalue weighted by atomic mass is 9.70. The van der Waals surface area contributed by atoms with Crippen molar-refractivity contribution in [3.8, 4) is 5.88 Å². The van der Waals surface area contributed by atoms with Crippen LogP contribution in [0.15, 0.2) is 18.3 Å². The SMILES string of the molecule is COC(=O)c1ccnc(OC2CC3CCC2(C)C3(C)C)c1. The summed E-state index contributed by atoms with van der Waals surface area (Å²) in [5.41, 5.74) is 0.966. The highest BCUT2D eigenvalue weighted by Gasteiger charge is 2.62. The summed E-state index contributed by atoms with van der Waals surface area (Å²) in [5.74, 6) is 0.880. The number of carbonyl (C=O) groups excluding carboxylic acids is 1. The van der Waals surface area contributed by atoms with Gasteiger partial charge < -0.3 is 9.47 Å². The highest BCUT2D eigenvalue weighted by atomic mass is 16.5. The first-order valence-corrected chi connectivity index (χ1v) is 7.59. The number of fused-ring (bicyclic) bond motifs is 2. The molecule has 0 radical (unpaired) electrons. The number of aromatic nitrogens is 1. The summed E-state index contributed by atoms with van der Waals surface area (Å²) in [7, 11) is 1.38. The topological polar surface area (TPSA) is 48.4 Å². The molecule has 21 heavy (non-hydrogen) atoms. The third kappa shape index (κ3) is 2.03. The molecule has 3 rings (SSSR count). The zero-order valence-electron chi connectivity index (χ0n) is 13.2. The molecule has 2 saturated carbocycles. The fraction of sp³-hybridized carbons (Fsp3) is 0.647. The molecule has 0 spiro atoms. The lowest BCUT2D eigenvalue weighted by Crippen LogP contribution is -2.39. The van der Waals surface area contributed by atoms with Crippen molar-refractivity contribution in [2.45, 2.75) is 46.1 Å². The summed E-state index contributed by atoms with van der Waals surface area (Å²) in [6, 6.07) is 3.32. The standard InChI is InChI=1S/C17H23NO3/c1-16(2)12-5-7-17(16,3)13(10-12)21-14-9-11(6-8-18-14)15(19)20-4/h6,8-9,12-13H,5,7,10H2,1-4H3. The second-order valence-electron chi connectivity index (χ2n) is 7.09. The molecule has 2 fully saturated rings. The average molecular weight is 289 g/mol. The number of hydrogen-bond acceptors (Lipinski definition) is 4. The van der Waals surface area contributed by atoms with Gasteiger partial charge >= 0.3 is 5.97 Å². The van der Waals surface area contributed by atoms with Gasteiger partial charge in [-0.1, -0.05) is 20.8 Å². The fourth-order valence-corrected chi connectivity index (χ4v) is 4.17. The molecule has 1 aromatic rings. The number of hydrogen-bond donors (Lipinski definition) is 0. The molecule has 1 heterocycles. The van der Waals surface area contributed by atoms with Crippen LogP contribution >= 0.6 is 0 Å². The third-order valence-corrected chi connectivity index (χ3v) is 6.13. The second-order valence-corrected chi connectivity index (χ2v) is 7.09. The van der Waals surface area contributed by atoms with Crippen LogP contribution in [0.25, 0.3) is 0 Å². The van der Waals surface area contributed by atoms with Gasteiger partial charge in [0.1, 0.15) is 6.10 Å². The summed E-state index contributed by atoms with van der Waals surface area (Å²) >= 11 is 0. The number of methoxy groups -OCH3 is 1. The van der Waals surface area contributed by atoms with E-state index in [0.717, 1.165) is 12.3 Å². The van der Waals surface area contributed by atoms with E-state index in [4.69, 9.17) is 9.47 Å². The molecule has 4 nitrogen and oxygen atoms in total. The van der Waals surface area contributed by atoms with Crippen LogP contribution in [-0.2, 0) is 4.74 Å². The molecule has 0 N–H and O–H groups in total. The van der Waals surface area contributed by atoms with Crippen molar-refractivity contribution in [1.82, 2.24) is 4.98 Å². The molecule has 0 saturated heterocycles. The molecule has 1 aromatic heterocycles. The molecule has 4 heteroatoms. The number of carbonyl (C=O) groups is 1. The number of pyridine rings is 1. The van der Waals surface area contributed by atoms with Crippen molar-refractivity contribution < 1.29 is 14.3 Å². The summed E-state index contributed by atoms with van der Waals surface area (Å²) < 4.78 is 10.9. The van der Waals surface area contributed by atoms with E-state index in [2.05, 4.69) is 25.8 Å². The van der Waals surface area contributed by atoms with E-state index in [1.807, 2.05) is 0 Å². The van der Waals surface area contributed by atoms with Gasteiger partial charge in [0.05, 0.1) is 12.7 Å². The van der Waals surface area contributed by atoms with E-state index in [0.29, 0.717) is 16.9 Å². The number of esters is 1. The van der Waals surface area contributed by atoms with Gasteiger partial charge in [0, 0.05) is 17.7 Å². The Kier molecular flexibility index (Phi) is 3.23. The first-order valence-electron chi connectivity index (χ1n) is 7.59. The third-order valence-electron chi connectivity index (χ3n) is 6.13. The van der Waals surface area contributed by atoms with Crippen LogP contribution in [-0.4, -0.2) is 24.2 Å². The van der Waals surface area contributed by atoms with Gasteiger partial charge in [0.25, 0.3) is 0 Å². The van der Waals surface area contributed by atoms with Crippen LogP contribution in [0.3, 0.4) is 0 Å². The summed E-state index contributed by atoms with van der Waals surface area (Å²) in [6.45, 7) is 7.04. The summed E-state index contributed by atoms with van der Waals surface area (Å²) in [4.78, 5) is 15.8. The van der Waals surface area contributed by atoms with E-state index in [9.17, 15) is 4.79 Å². The number of rotatable bonds is 3. The minimum absolute atomic E-state index is 0.173. The smallest absolute Gasteiger partial charge is 0.338 e. The van der Waals surface area contributed by atoms with E-state index >= 15 is 0 Å². The zero-order chi connectivity index (χ0) is 15.3. The molecule has 0 amide bonds. The van der Waals surface area contributed by atoms with E-state index in [1.54, 1.807) is 18.3 Å². The van der Waals surface area contributed by atoms with E-state index < -0.39 is 0 Å².